The first kappa shape index (κ1) is 27.8. The maximum absolute atomic E-state index is 15.1. The van der Waals surface area contributed by atoms with E-state index >= 15 is 4.39 Å². The fraction of sp³-hybridized carbons (Fsp3) is 0.500. The molecule has 1 saturated heterocycles. The lowest BCUT2D eigenvalue weighted by Gasteiger charge is -2.41. The van der Waals surface area contributed by atoms with Crippen molar-refractivity contribution in [2.75, 3.05) is 38.3 Å². The molecule has 37 heavy (non-hydrogen) atoms. The van der Waals surface area contributed by atoms with E-state index in [-0.39, 0.29) is 28.4 Å². The zero-order valence-electron chi connectivity index (χ0n) is 21.0. The van der Waals surface area contributed by atoms with E-state index < -0.39 is 27.3 Å². The lowest BCUT2D eigenvalue weighted by molar-refractivity contribution is -0.145. The Bertz CT molecular complexity index is 1200. The SMILES string of the molecule is COC1(C(=O)NS(=O)(=O)c2ccc(NC(CSc3ccc(F)cc3)C3CN(C)C3)c(F)c2)CCCCC1. The van der Waals surface area contributed by atoms with Crippen molar-refractivity contribution in [3.63, 3.8) is 0 Å². The summed E-state index contributed by atoms with van der Waals surface area (Å²) in [4.78, 5) is 15.6. The van der Waals surface area contributed by atoms with E-state index in [1.165, 1.54) is 31.4 Å². The lowest BCUT2D eigenvalue weighted by Crippen LogP contribution is -2.52. The van der Waals surface area contributed by atoms with Gasteiger partial charge >= 0.3 is 0 Å². The minimum absolute atomic E-state index is 0.0872. The molecule has 1 heterocycles. The summed E-state index contributed by atoms with van der Waals surface area (Å²) in [6, 6.07) is 9.74. The Balaban J connectivity index is 1.45. The van der Waals surface area contributed by atoms with Gasteiger partial charge in [-0.1, -0.05) is 19.3 Å². The van der Waals surface area contributed by atoms with Gasteiger partial charge in [-0.25, -0.2) is 21.9 Å². The number of hydrogen-bond acceptors (Lipinski definition) is 7. The highest BCUT2D eigenvalue weighted by Gasteiger charge is 2.41. The zero-order chi connectivity index (χ0) is 26.6. The third-order valence-electron chi connectivity index (χ3n) is 7.19. The molecule has 2 fully saturated rings. The number of methoxy groups -OCH3 is 1. The molecule has 2 aromatic rings. The average Bonchev–Trinajstić information content (AvgIpc) is 2.86. The molecule has 0 aromatic heterocycles. The summed E-state index contributed by atoms with van der Waals surface area (Å²) in [7, 11) is -0.865. The first-order chi connectivity index (χ1) is 17.6. The molecule has 1 unspecified atom stereocenters. The molecule has 2 aromatic carbocycles. The number of nitrogens with zero attached hydrogens (tertiary/aromatic N) is 1. The molecule has 0 radical (unpaired) electrons. The summed E-state index contributed by atoms with van der Waals surface area (Å²) in [5.74, 6) is -0.841. The van der Waals surface area contributed by atoms with E-state index in [9.17, 15) is 17.6 Å². The minimum atomic E-state index is -4.28. The standard InChI is InChI=1S/C26H33F2N3O4S2/c1-31-15-18(16-31)24(17-36-20-8-6-19(27)7-9-20)29-23-11-10-21(14-22(23)28)37(33,34)30-25(32)26(35-2)12-4-3-5-13-26/h6-11,14,18,24,29H,3-5,12-13,15-17H2,1-2H3,(H,30,32). The molecule has 202 valence electrons. The van der Waals surface area contributed by atoms with E-state index in [1.807, 2.05) is 7.05 Å². The van der Waals surface area contributed by atoms with Gasteiger partial charge < -0.3 is 15.0 Å². The third-order valence-corrected chi connectivity index (χ3v) is 9.65. The number of amides is 1. The summed E-state index contributed by atoms with van der Waals surface area (Å²) in [6.07, 6.45) is 3.39. The molecular formula is C26H33F2N3O4S2. The third kappa shape index (κ3) is 6.63. The smallest absolute Gasteiger partial charge is 0.265 e. The molecule has 7 nitrogen and oxygen atoms in total. The minimum Gasteiger partial charge on any atom is -0.379 e. The van der Waals surface area contributed by atoms with Crippen LogP contribution in [0.25, 0.3) is 0 Å². The normalized spacial score (nSPS) is 19.1. The monoisotopic (exact) mass is 553 g/mol. The molecule has 0 bridgehead atoms. The quantitative estimate of drug-likeness (QED) is 0.426. The van der Waals surface area contributed by atoms with Gasteiger partial charge in [0, 0.05) is 42.8 Å². The van der Waals surface area contributed by atoms with E-state index in [4.69, 9.17) is 4.74 Å². The number of hydrogen-bond donors (Lipinski definition) is 2. The number of benzene rings is 2. The number of halogens is 2. The number of sulfonamides is 1. The first-order valence-electron chi connectivity index (χ1n) is 12.4. The van der Waals surface area contributed by atoms with Crippen LogP contribution in [-0.4, -0.2) is 63.9 Å². The maximum Gasteiger partial charge on any atom is 0.265 e. The Morgan fingerprint density at radius 2 is 1.81 bits per heavy atom. The molecule has 2 N–H and O–H groups in total. The van der Waals surface area contributed by atoms with Gasteiger partial charge in [0.2, 0.25) is 0 Å². The number of ether oxygens (including phenoxy) is 1. The first-order valence-corrected chi connectivity index (χ1v) is 14.8. The van der Waals surface area contributed by atoms with Crippen LogP contribution in [0.15, 0.2) is 52.3 Å². The van der Waals surface area contributed by atoms with Crippen molar-refractivity contribution in [2.45, 2.75) is 53.5 Å². The highest BCUT2D eigenvalue weighted by molar-refractivity contribution is 7.99. The van der Waals surface area contributed by atoms with Crippen molar-refractivity contribution in [1.29, 1.82) is 0 Å². The Morgan fingerprint density at radius 1 is 1.14 bits per heavy atom. The van der Waals surface area contributed by atoms with Crippen molar-refractivity contribution >= 4 is 33.4 Å². The molecule has 1 atom stereocenters. The van der Waals surface area contributed by atoms with Crippen LogP contribution in [-0.2, 0) is 19.6 Å². The van der Waals surface area contributed by atoms with Crippen LogP contribution in [0.3, 0.4) is 0 Å². The predicted molar refractivity (Wildman–Crippen MR) is 140 cm³/mol. The van der Waals surface area contributed by atoms with Gasteiger partial charge in [0.25, 0.3) is 15.9 Å². The largest absolute Gasteiger partial charge is 0.379 e. The van der Waals surface area contributed by atoms with Crippen LogP contribution in [0.5, 0.6) is 0 Å². The summed E-state index contributed by atoms with van der Waals surface area (Å²) in [5, 5.41) is 3.24. The number of rotatable bonds is 10. The highest BCUT2D eigenvalue weighted by Crippen LogP contribution is 2.32. The molecule has 1 saturated carbocycles. The van der Waals surface area contributed by atoms with Gasteiger partial charge in [-0.3, -0.25) is 4.79 Å². The van der Waals surface area contributed by atoms with Crippen molar-refractivity contribution in [3.05, 3.63) is 54.1 Å². The van der Waals surface area contributed by atoms with Crippen LogP contribution >= 0.6 is 11.8 Å². The molecule has 1 aliphatic carbocycles. The predicted octanol–water partition coefficient (Wildman–Crippen LogP) is 4.25. The van der Waals surface area contributed by atoms with Gasteiger partial charge in [-0.2, -0.15) is 0 Å². The van der Waals surface area contributed by atoms with Crippen molar-refractivity contribution in [3.8, 4) is 0 Å². The van der Waals surface area contributed by atoms with Crippen molar-refractivity contribution in [1.82, 2.24) is 9.62 Å². The van der Waals surface area contributed by atoms with Crippen LogP contribution in [0.4, 0.5) is 14.5 Å². The molecule has 2 aliphatic rings. The van der Waals surface area contributed by atoms with Crippen LogP contribution in [0.1, 0.15) is 32.1 Å². The Labute approximate surface area is 221 Å². The topological polar surface area (TPSA) is 87.7 Å². The van der Waals surface area contributed by atoms with E-state index in [1.54, 1.807) is 23.9 Å². The van der Waals surface area contributed by atoms with E-state index in [2.05, 4.69) is 14.9 Å². The Hall–Kier alpha value is -2.21. The second kappa shape index (κ2) is 11.7. The molecule has 0 spiro atoms. The summed E-state index contributed by atoms with van der Waals surface area (Å²) < 4.78 is 61.7. The van der Waals surface area contributed by atoms with Crippen LogP contribution in [0.2, 0.25) is 0 Å². The zero-order valence-corrected chi connectivity index (χ0v) is 22.6. The second-order valence-electron chi connectivity index (χ2n) is 9.83. The summed E-state index contributed by atoms with van der Waals surface area (Å²) in [5.41, 5.74) is -0.998. The van der Waals surface area contributed by atoms with Gasteiger partial charge in [0.05, 0.1) is 10.6 Å². The molecule has 1 aliphatic heterocycles. The highest BCUT2D eigenvalue weighted by atomic mass is 32.2. The number of thioether (sulfide) groups is 1. The molecular weight excluding hydrogens is 520 g/mol. The van der Waals surface area contributed by atoms with E-state index in [0.717, 1.165) is 43.3 Å². The van der Waals surface area contributed by atoms with Gasteiger partial charge in [0.1, 0.15) is 17.2 Å². The number of anilines is 1. The maximum atomic E-state index is 15.1. The van der Waals surface area contributed by atoms with Crippen molar-refractivity contribution in [2.24, 2.45) is 5.92 Å². The van der Waals surface area contributed by atoms with Crippen LogP contribution < -0.4 is 10.0 Å². The van der Waals surface area contributed by atoms with E-state index in [0.29, 0.717) is 18.6 Å². The Kier molecular flexibility index (Phi) is 8.77. The van der Waals surface area contributed by atoms with Crippen LogP contribution in [0, 0.1) is 17.6 Å². The second-order valence-corrected chi connectivity index (χ2v) is 12.6. The number of nitrogens with one attached hydrogen (secondary N) is 2. The fourth-order valence-electron chi connectivity index (χ4n) is 4.91. The average molecular weight is 554 g/mol. The number of likely N-dealkylation sites (tertiary alicyclic amines) is 1. The molecule has 11 heteroatoms. The fourth-order valence-corrected chi connectivity index (χ4v) is 7.02. The van der Waals surface area contributed by atoms with Gasteiger partial charge in [0.15, 0.2) is 0 Å². The number of carbonyl (C=O) groups excluding carboxylic acids is 1. The van der Waals surface area contributed by atoms with Crippen molar-refractivity contribution < 1.29 is 26.7 Å². The lowest BCUT2D eigenvalue weighted by atomic mass is 9.84. The van der Waals surface area contributed by atoms with Gasteiger partial charge in [-0.15, -0.1) is 11.8 Å². The summed E-state index contributed by atoms with van der Waals surface area (Å²) >= 11 is 1.55. The molecule has 1 amide bonds. The van der Waals surface area contributed by atoms with Gasteiger partial charge in [-0.05, 0) is 62.4 Å². The molecule has 4 rings (SSSR count). The summed E-state index contributed by atoms with van der Waals surface area (Å²) in [6.45, 7) is 1.70. The Morgan fingerprint density at radius 3 is 2.41 bits per heavy atom. The number of carbonyl (C=O) groups is 1.